The van der Waals surface area contributed by atoms with E-state index in [1.165, 1.54) is 5.56 Å². The summed E-state index contributed by atoms with van der Waals surface area (Å²) in [5.41, 5.74) is 1.30. The van der Waals surface area contributed by atoms with Gasteiger partial charge in [0.1, 0.15) is 5.75 Å². The Balaban J connectivity index is 2.47. The fraction of sp³-hybridized carbons (Fsp3) is 0.625. The number of rotatable bonds is 7. The molecule has 0 aliphatic carbocycles. The van der Waals surface area contributed by atoms with Crippen LogP contribution in [0.3, 0.4) is 0 Å². The van der Waals surface area contributed by atoms with Gasteiger partial charge >= 0.3 is 0 Å². The highest BCUT2D eigenvalue weighted by molar-refractivity contribution is 9.10. The van der Waals surface area contributed by atoms with Crippen LogP contribution >= 0.6 is 15.9 Å². The van der Waals surface area contributed by atoms with E-state index in [4.69, 9.17) is 4.74 Å². The third-order valence-corrected chi connectivity index (χ3v) is 3.42. The van der Waals surface area contributed by atoms with Crippen molar-refractivity contribution in [1.82, 2.24) is 5.32 Å². The molecular formula is C16H26BrNO. The van der Waals surface area contributed by atoms with E-state index < -0.39 is 0 Å². The van der Waals surface area contributed by atoms with Gasteiger partial charge in [-0.25, -0.2) is 0 Å². The molecule has 0 amide bonds. The predicted molar refractivity (Wildman–Crippen MR) is 85.9 cm³/mol. The number of ether oxygens (including phenoxy) is 1. The largest absolute Gasteiger partial charge is 0.493 e. The highest BCUT2D eigenvalue weighted by Crippen LogP contribution is 2.25. The summed E-state index contributed by atoms with van der Waals surface area (Å²) < 4.78 is 7.03. The van der Waals surface area contributed by atoms with E-state index in [0.717, 1.165) is 29.9 Å². The zero-order valence-corrected chi connectivity index (χ0v) is 14.3. The third kappa shape index (κ3) is 6.44. The van der Waals surface area contributed by atoms with E-state index >= 15 is 0 Å². The summed E-state index contributed by atoms with van der Waals surface area (Å²) in [6.07, 6.45) is 0. The van der Waals surface area contributed by atoms with Gasteiger partial charge in [-0.1, -0.05) is 49.7 Å². The molecule has 19 heavy (non-hydrogen) atoms. The molecule has 1 aromatic carbocycles. The minimum absolute atomic E-state index is 0.129. The number of hydrogen-bond acceptors (Lipinski definition) is 2. The summed E-state index contributed by atoms with van der Waals surface area (Å²) >= 11 is 3.48. The Kier molecular flexibility index (Phi) is 6.34. The first-order chi connectivity index (χ1) is 8.80. The lowest BCUT2D eigenvalue weighted by Gasteiger charge is -2.26. The second-order valence-corrected chi connectivity index (χ2v) is 7.30. The van der Waals surface area contributed by atoms with Crippen molar-refractivity contribution in [1.29, 1.82) is 0 Å². The molecule has 2 nitrogen and oxygen atoms in total. The van der Waals surface area contributed by atoms with Crippen molar-refractivity contribution in [3.05, 3.63) is 28.2 Å². The maximum Gasteiger partial charge on any atom is 0.123 e. The summed E-state index contributed by atoms with van der Waals surface area (Å²) in [4.78, 5) is 0. The van der Waals surface area contributed by atoms with Crippen molar-refractivity contribution in [2.45, 2.75) is 34.6 Å². The zero-order valence-electron chi connectivity index (χ0n) is 12.7. The molecule has 0 bridgehead atoms. The Morgan fingerprint density at radius 2 is 2.00 bits per heavy atom. The minimum atomic E-state index is 0.129. The first-order valence-electron chi connectivity index (χ1n) is 6.90. The Labute approximate surface area is 126 Å². The van der Waals surface area contributed by atoms with Crippen LogP contribution in [-0.4, -0.2) is 19.7 Å². The van der Waals surface area contributed by atoms with Crippen LogP contribution in [0.5, 0.6) is 5.75 Å². The number of halogens is 1. The fourth-order valence-corrected chi connectivity index (χ4v) is 2.09. The molecule has 0 heterocycles. The van der Waals surface area contributed by atoms with Crippen molar-refractivity contribution < 1.29 is 4.74 Å². The first kappa shape index (κ1) is 16.5. The zero-order chi connectivity index (χ0) is 14.5. The third-order valence-electron chi connectivity index (χ3n) is 2.92. The number of hydrogen-bond donors (Lipinski definition) is 1. The van der Waals surface area contributed by atoms with Crippen molar-refractivity contribution in [3.8, 4) is 5.75 Å². The second-order valence-electron chi connectivity index (χ2n) is 6.39. The van der Waals surface area contributed by atoms with E-state index in [0.29, 0.717) is 5.92 Å². The lowest BCUT2D eigenvalue weighted by atomic mass is 9.94. The van der Waals surface area contributed by atoms with Crippen LogP contribution in [0.1, 0.15) is 33.3 Å². The average molecular weight is 328 g/mol. The van der Waals surface area contributed by atoms with E-state index in [1.54, 1.807) is 0 Å². The van der Waals surface area contributed by atoms with E-state index in [2.05, 4.69) is 61.9 Å². The van der Waals surface area contributed by atoms with Crippen LogP contribution in [-0.2, 0) is 0 Å². The highest BCUT2D eigenvalue weighted by Gasteiger charge is 2.19. The number of benzene rings is 1. The molecule has 3 heteroatoms. The molecule has 1 aromatic rings. The molecule has 0 atom stereocenters. The summed E-state index contributed by atoms with van der Waals surface area (Å²) in [5.74, 6) is 1.65. The van der Waals surface area contributed by atoms with Crippen LogP contribution < -0.4 is 10.1 Å². The smallest absolute Gasteiger partial charge is 0.123 e. The van der Waals surface area contributed by atoms with Gasteiger partial charge in [-0.2, -0.15) is 0 Å². The quantitative estimate of drug-likeness (QED) is 0.801. The lowest BCUT2D eigenvalue weighted by molar-refractivity contribution is 0.174. The molecule has 1 rings (SSSR count). The summed E-state index contributed by atoms with van der Waals surface area (Å²) in [5, 5.41) is 3.50. The summed E-state index contributed by atoms with van der Waals surface area (Å²) in [7, 11) is 0. The van der Waals surface area contributed by atoms with Gasteiger partial charge in [-0.05, 0) is 37.1 Å². The monoisotopic (exact) mass is 327 g/mol. The maximum absolute atomic E-state index is 5.97. The molecule has 0 aliphatic heterocycles. The molecule has 0 aliphatic rings. The van der Waals surface area contributed by atoms with Crippen molar-refractivity contribution in [2.75, 3.05) is 19.7 Å². The van der Waals surface area contributed by atoms with Gasteiger partial charge in [0.05, 0.1) is 6.61 Å². The van der Waals surface area contributed by atoms with Crippen LogP contribution in [0.25, 0.3) is 0 Å². The van der Waals surface area contributed by atoms with Crippen LogP contribution in [0.4, 0.5) is 0 Å². The molecule has 0 unspecified atom stereocenters. The van der Waals surface area contributed by atoms with Gasteiger partial charge in [-0.15, -0.1) is 0 Å². The maximum atomic E-state index is 5.97. The molecular weight excluding hydrogens is 302 g/mol. The van der Waals surface area contributed by atoms with Crippen molar-refractivity contribution >= 4 is 15.9 Å². The Bertz CT molecular complexity index is 402. The van der Waals surface area contributed by atoms with Gasteiger partial charge in [0, 0.05) is 16.4 Å². The molecule has 108 valence electrons. The highest BCUT2D eigenvalue weighted by atomic mass is 79.9. The average Bonchev–Trinajstić information content (AvgIpc) is 2.30. The minimum Gasteiger partial charge on any atom is -0.493 e. The van der Waals surface area contributed by atoms with Crippen molar-refractivity contribution in [3.63, 3.8) is 0 Å². The van der Waals surface area contributed by atoms with E-state index in [1.807, 2.05) is 12.1 Å². The van der Waals surface area contributed by atoms with Gasteiger partial charge in [0.2, 0.25) is 0 Å². The predicted octanol–water partition coefficient (Wildman–Crippen LogP) is 4.41. The normalized spacial score (nSPS) is 11.9. The van der Waals surface area contributed by atoms with Gasteiger partial charge in [-0.3, -0.25) is 0 Å². The molecule has 0 saturated carbocycles. The Hall–Kier alpha value is -0.540. The standard InChI is InChI=1S/C16H26BrNO/c1-12(2)9-18-10-16(4,5)11-19-15-8-14(17)7-6-13(15)3/h6-8,12,18H,9-11H2,1-5H3. The van der Waals surface area contributed by atoms with Crippen molar-refractivity contribution in [2.24, 2.45) is 11.3 Å². The van der Waals surface area contributed by atoms with Gasteiger partial charge < -0.3 is 10.1 Å². The van der Waals surface area contributed by atoms with Gasteiger partial charge in [0.15, 0.2) is 0 Å². The SMILES string of the molecule is Cc1ccc(Br)cc1OCC(C)(C)CNCC(C)C. The van der Waals surface area contributed by atoms with Crippen LogP contribution in [0.15, 0.2) is 22.7 Å². The molecule has 0 spiro atoms. The molecule has 0 radical (unpaired) electrons. The Morgan fingerprint density at radius 1 is 1.32 bits per heavy atom. The Morgan fingerprint density at radius 3 is 2.63 bits per heavy atom. The molecule has 0 aromatic heterocycles. The summed E-state index contributed by atoms with van der Waals surface area (Å²) in [6, 6.07) is 6.15. The molecule has 0 fully saturated rings. The van der Waals surface area contributed by atoms with Crippen LogP contribution in [0, 0.1) is 18.3 Å². The fourth-order valence-electron chi connectivity index (χ4n) is 1.75. The van der Waals surface area contributed by atoms with Crippen LogP contribution in [0.2, 0.25) is 0 Å². The topological polar surface area (TPSA) is 21.3 Å². The number of aryl methyl sites for hydroxylation is 1. The van der Waals surface area contributed by atoms with E-state index in [9.17, 15) is 0 Å². The summed E-state index contributed by atoms with van der Waals surface area (Å²) in [6.45, 7) is 13.7. The number of nitrogens with one attached hydrogen (secondary N) is 1. The second kappa shape index (κ2) is 7.30. The first-order valence-corrected chi connectivity index (χ1v) is 7.69. The lowest BCUT2D eigenvalue weighted by Crippen LogP contribution is -2.35. The molecule has 0 saturated heterocycles. The van der Waals surface area contributed by atoms with E-state index in [-0.39, 0.29) is 5.41 Å². The molecule has 1 N–H and O–H groups in total. The van der Waals surface area contributed by atoms with Gasteiger partial charge in [0.25, 0.3) is 0 Å².